The van der Waals surface area contributed by atoms with E-state index in [-0.39, 0.29) is 11.1 Å². The molecule has 0 saturated carbocycles. The summed E-state index contributed by atoms with van der Waals surface area (Å²) in [5.41, 5.74) is 0.395. The molecular formula is C16H19N5O2S. The number of aromatic nitrogens is 4. The molecule has 3 aromatic heterocycles. The number of imidazole rings is 1. The standard InChI is InChI=1S/C16H19N5O2S/c1-3-13(2)21-11-15(18-12-21)24(22,23)19-14-7-6-8-17-16(14)20-9-4-5-10-20/h4-13,19H,3H2,1-2H3. The minimum atomic E-state index is -3.78. The molecule has 24 heavy (non-hydrogen) atoms. The molecule has 3 aromatic rings. The highest BCUT2D eigenvalue weighted by atomic mass is 32.2. The summed E-state index contributed by atoms with van der Waals surface area (Å²) in [6.45, 7) is 4.05. The maximum atomic E-state index is 12.6. The SMILES string of the molecule is CCC(C)n1cnc(S(=O)(=O)Nc2cccnc2-n2cccc2)c1. The van der Waals surface area contributed by atoms with Crippen molar-refractivity contribution in [2.45, 2.75) is 31.3 Å². The fraction of sp³-hybridized carbons (Fsp3) is 0.250. The van der Waals surface area contributed by atoms with Gasteiger partial charge in [-0.25, -0.2) is 9.97 Å². The molecule has 0 aromatic carbocycles. The lowest BCUT2D eigenvalue weighted by Gasteiger charge is -2.11. The highest BCUT2D eigenvalue weighted by Gasteiger charge is 2.20. The number of rotatable bonds is 6. The third-order valence-electron chi connectivity index (χ3n) is 3.83. The zero-order chi connectivity index (χ0) is 17.2. The van der Waals surface area contributed by atoms with Crippen molar-refractivity contribution in [2.24, 2.45) is 0 Å². The molecule has 3 rings (SSSR count). The smallest absolute Gasteiger partial charge is 0.281 e. The average molecular weight is 345 g/mol. The van der Waals surface area contributed by atoms with Gasteiger partial charge in [0.15, 0.2) is 10.8 Å². The van der Waals surface area contributed by atoms with Gasteiger partial charge in [-0.15, -0.1) is 0 Å². The maximum Gasteiger partial charge on any atom is 0.281 e. The molecule has 0 aliphatic rings. The largest absolute Gasteiger partial charge is 0.333 e. The number of nitrogens with zero attached hydrogens (tertiary/aromatic N) is 4. The van der Waals surface area contributed by atoms with Crippen LogP contribution in [0.1, 0.15) is 26.3 Å². The molecule has 0 amide bonds. The van der Waals surface area contributed by atoms with E-state index in [0.717, 1.165) is 6.42 Å². The summed E-state index contributed by atoms with van der Waals surface area (Å²) in [6, 6.07) is 7.24. The molecule has 3 heterocycles. The van der Waals surface area contributed by atoms with Crippen molar-refractivity contribution in [3.05, 3.63) is 55.4 Å². The van der Waals surface area contributed by atoms with Crippen LogP contribution >= 0.6 is 0 Å². The van der Waals surface area contributed by atoms with Gasteiger partial charge in [0, 0.05) is 30.8 Å². The molecule has 0 aliphatic heterocycles. The monoisotopic (exact) mass is 345 g/mol. The Morgan fingerprint density at radius 2 is 1.96 bits per heavy atom. The van der Waals surface area contributed by atoms with E-state index in [9.17, 15) is 8.42 Å². The van der Waals surface area contributed by atoms with Gasteiger partial charge in [0.05, 0.1) is 12.0 Å². The summed E-state index contributed by atoms with van der Waals surface area (Å²) in [5, 5.41) is -0.00916. The van der Waals surface area contributed by atoms with E-state index >= 15 is 0 Å². The van der Waals surface area contributed by atoms with Crippen LogP contribution in [0.25, 0.3) is 5.82 Å². The summed E-state index contributed by atoms with van der Waals surface area (Å²) >= 11 is 0. The van der Waals surface area contributed by atoms with Gasteiger partial charge in [-0.3, -0.25) is 4.72 Å². The van der Waals surface area contributed by atoms with Crippen LogP contribution in [-0.4, -0.2) is 27.5 Å². The lowest BCUT2D eigenvalue weighted by Crippen LogP contribution is -2.15. The van der Waals surface area contributed by atoms with Crippen LogP contribution in [0.4, 0.5) is 5.69 Å². The molecule has 0 spiro atoms. The van der Waals surface area contributed by atoms with Gasteiger partial charge in [-0.1, -0.05) is 6.92 Å². The van der Waals surface area contributed by atoms with Crippen molar-refractivity contribution < 1.29 is 8.42 Å². The van der Waals surface area contributed by atoms with Gasteiger partial charge in [0.1, 0.15) is 0 Å². The lowest BCUT2D eigenvalue weighted by atomic mass is 10.3. The van der Waals surface area contributed by atoms with E-state index < -0.39 is 10.0 Å². The quantitative estimate of drug-likeness (QED) is 0.745. The molecule has 0 bridgehead atoms. The van der Waals surface area contributed by atoms with Crippen LogP contribution in [0, 0.1) is 0 Å². The molecule has 1 N–H and O–H groups in total. The Hall–Kier alpha value is -2.61. The molecule has 8 heteroatoms. The summed E-state index contributed by atoms with van der Waals surface area (Å²) in [4.78, 5) is 8.29. The van der Waals surface area contributed by atoms with Crippen LogP contribution in [-0.2, 0) is 10.0 Å². The van der Waals surface area contributed by atoms with E-state index in [1.165, 1.54) is 0 Å². The van der Waals surface area contributed by atoms with Crippen molar-refractivity contribution in [1.29, 1.82) is 0 Å². The summed E-state index contributed by atoms with van der Waals surface area (Å²) in [7, 11) is -3.78. The molecule has 0 fully saturated rings. The van der Waals surface area contributed by atoms with E-state index in [1.54, 1.807) is 52.4 Å². The van der Waals surface area contributed by atoms with E-state index in [0.29, 0.717) is 11.5 Å². The first kappa shape index (κ1) is 16.3. The Morgan fingerprint density at radius 3 is 2.67 bits per heavy atom. The first-order valence-electron chi connectivity index (χ1n) is 7.66. The third-order valence-corrected chi connectivity index (χ3v) is 5.08. The second kappa shape index (κ2) is 6.48. The second-order valence-corrected chi connectivity index (χ2v) is 7.12. The Labute approximate surface area is 141 Å². The van der Waals surface area contributed by atoms with Crippen LogP contribution in [0.5, 0.6) is 0 Å². The second-order valence-electron chi connectivity index (χ2n) is 5.49. The first-order chi connectivity index (χ1) is 11.5. The van der Waals surface area contributed by atoms with Gasteiger partial charge in [-0.05, 0) is 37.6 Å². The molecule has 7 nitrogen and oxygen atoms in total. The van der Waals surface area contributed by atoms with Gasteiger partial charge >= 0.3 is 0 Å². The summed E-state index contributed by atoms with van der Waals surface area (Å²) < 4.78 is 31.4. The fourth-order valence-electron chi connectivity index (χ4n) is 2.26. The number of sulfonamides is 1. The van der Waals surface area contributed by atoms with Gasteiger partial charge in [-0.2, -0.15) is 8.42 Å². The van der Waals surface area contributed by atoms with Crippen molar-refractivity contribution >= 4 is 15.7 Å². The van der Waals surface area contributed by atoms with Crippen LogP contribution < -0.4 is 4.72 Å². The third kappa shape index (κ3) is 3.18. The lowest BCUT2D eigenvalue weighted by molar-refractivity contribution is 0.529. The molecular weight excluding hydrogens is 326 g/mol. The summed E-state index contributed by atoms with van der Waals surface area (Å²) in [6.07, 6.45) is 9.20. The molecule has 1 unspecified atom stereocenters. The normalized spacial score (nSPS) is 12.9. The number of hydrogen-bond acceptors (Lipinski definition) is 4. The molecule has 1 atom stereocenters. The molecule has 0 radical (unpaired) electrons. The van der Waals surface area contributed by atoms with E-state index in [1.807, 2.05) is 26.0 Å². The maximum absolute atomic E-state index is 12.6. The van der Waals surface area contributed by atoms with Crippen molar-refractivity contribution in [3.8, 4) is 5.82 Å². The van der Waals surface area contributed by atoms with Crippen molar-refractivity contribution in [1.82, 2.24) is 19.1 Å². The molecule has 0 aliphatic carbocycles. The highest BCUT2D eigenvalue weighted by Crippen LogP contribution is 2.21. The van der Waals surface area contributed by atoms with Gasteiger partial charge < -0.3 is 9.13 Å². The highest BCUT2D eigenvalue weighted by molar-refractivity contribution is 7.92. The average Bonchev–Trinajstić information content (AvgIpc) is 3.26. The Kier molecular flexibility index (Phi) is 4.39. The Bertz CT molecular complexity index is 916. The zero-order valence-electron chi connectivity index (χ0n) is 13.5. The minimum Gasteiger partial charge on any atom is -0.333 e. The number of hydrogen-bond donors (Lipinski definition) is 1. The Morgan fingerprint density at radius 1 is 1.21 bits per heavy atom. The fourth-order valence-corrected chi connectivity index (χ4v) is 3.26. The van der Waals surface area contributed by atoms with Crippen LogP contribution in [0.15, 0.2) is 60.4 Å². The van der Waals surface area contributed by atoms with Gasteiger partial charge in [0.25, 0.3) is 10.0 Å². The predicted octanol–water partition coefficient (Wildman–Crippen LogP) is 2.84. The number of nitrogens with one attached hydrogen (secondary N) is 1. The minimum absolute atomic E-state index is 0.00916. The van der Waals surface area contributed by atoms with Crippen LogP contribution in [0.3, 0.4) is 0 Å². The topological polar surface area (TPSA) is 81.8 Å². The number of pyridine rings is 1. The summed E-state index contributed by atoms with van der Waals surface area (Å²) in [5.74, 6) is 0.507. The number of anilines is 1. The Balaban J connectivity index is 1.92. The van der Waals surface area contributed by atoms with Crippen molar-refractivity contribution in [3.63, 3.8) is 0 Å². The molecule has 126 valence electrons. The molecule has 0 saturated heterocycles. The predicted molar refractivity (Wildman–Crippen MR) is 91.6 cm³/mol. The van der Waals surface area contributed by atoms with Gasteiger partial charge in [0.2, 0.25) is 0 Å². The zero-order valence-corrected chi connectivity index (χ0v) is 14.3. The first-order valence-corrected chi connectivity index (χ1v) is 9.14. The van der Waals surface area contributed by atoms with E-state index in [4.69, 9.17) is 0 Å². The van der Waals surface area contributed by atoms with E-state index in [2.05, 4.69) is 14.7 Å². The van der Waals surface area contributed by atoms with Crippen molar-refractivity contribution in [2.75, 3.05) is 4.72 Å². The van der Waals surface area contributed by atoms with Crippen LogP contribution in [0.2, 0.25) is 0 Å².